The number of hydrogen-bond acceptors (Lipinski definition) is 3. The van der Waals surface area contributed by atoms with E-state index in [0.717, 1.165) is 5.56 Å². The summed E-state index contributed by atoms with van der Waals surface area (Å²) in [5.41, 5.74) is 1.41. The summed E-state index contributed by atoms with van der Waals surface area (Å²) in [6.07, 6.45) is 1.34. The molecule has 0 saturated heterocycles. The first kappa shape index (κ1) is 14.3. The predicted molar refractivity (Wildman–Crippen MR) is 81.3 cm³/mol. The van der Waals surface area contributed by atoms with Gasteiger partial charge >= 0.3 is 0 Å². The summed E-state index contributed by atoms with van der Waals surface area (Å²) >= 11 is 5.69. The number of hydrogen-bond donors (Lipinski definition) is 1. The molecule has 0 fully saturated rings. The van der Waals surface area contributed by atoms with Crippen molar-refractivity contribution in [2.24, 2.45) is 0 Å². The fourth-order valence-electron chi connectivity index (χ4n) is 1.97. The highest BCUT2D eigenvalue weighted by atomic mass is 35.5. The maximum absolute atomic E-state index is 13.1. The molecule has 6 heteroatoms. The van der Waals surface area contributed by atoms with E-state index in [1.54, 1.807) is 0 Å². The maximum atomic E-state index is 13.1. The fraction of sp³-hybridized carbons (Fsp3) is 0. The normalized spacial score (nSPS) is 10.5. The molecule has 0 aliphatic carbocycles. The Kier molecular flexibility index (Phi) is 3.89. The molecule has 3 rings (SSSR count). The molecule has 0 spiro atoms. The highest BCUT2D eigenvalue weighted by Crippen LogP contribution is 2.25. The van der Waals surface area contributed by atoms with Crippen LogP contribution in [-0.2, 0) is 0 Å². The summed E-state index contributed by atoms with van der Waals surface area (Å²) < 4.78 is 18.3. The molecule has 1 aromatic heterocycles. The van der Waals surface area contributed by atoms with E-state index in [0.29, 0.717) is 11.4 Å². The molecule has 0 bridgehead atoms. The lowest BCUT2D eigenvalue weighted by atomic mass is 10.1. The largest absolute Gasteiger partial charge is 0.355 e. The minimum atomic E-state index is -0.547. The van der Waals surface area contributed by atoms with Crippen LogP contribution in [0.4, 0.5) is 10.1 Å². The second-order valence-corrected chi connectivity index (χ2v) is 4.92. The van der Waals surface area contributed by atoms with Crippen LogP contribution in [0, 0.1) is 5.82 Å². The Hall–Kier alpha value is -2.66. The number of nitrogens with zero attached hydrogens (tertiary/aromatic N) is 1. The SMILES string of the molecule is O=C(Nc1ccc(F)c(Cl)c1)c1cnoc1-c1ccccc1. The van der Waals surface area contributed by atoms with Gasteiger partial charge in [0.15, 0.2) is 5.76 Å². The van der Waals surface area contributed by atoms with Gasteiger partial charge in [-0.05, 0) is 18.2 Å². The van der Waals surface area contributed by atoms with Crippen LogP contribution in [0.3, 0.4) is 0 Å². The van der Waals surface area contributed by atoms with Crippen molar-refractivity contribution < 1.29 is 13.7 Å². The van der Waals surface area contributed by atoms with Gasteiger partial charge in [-0.3, -0.25) is 4.79 Å². The topological polar surface area (TPSA) is 55.1 Å². The van der Waals surface area contributed by atoms with E-state index in [2.05, 4.69) is 10.5 Å². The smallest absolute Gasteiger partial charge is 0.261 e. The number of halogens is 2. The number of nitrogens with one attached hydrogen (secondary N) is 1. The van der Waals surface area contributed by atoms with Crippen molar-refractivity contribution in [3.63, 3.8) is 0 Å². The van der Waals surface area contributed by atoms with Gasteiger partial charge in [0.1, 0.15) is 11.4 Å². The number of carbonyl (C=O) groups excluding carboxylic acids is 1. The zero-order chi connectivity index (χ0) is 15.5. The van der Waals surface area contributed by atoms with Crippen molar-refractivity contribution in [2.75, 3.05) is 5.32 Å². The fourth-order valence-corrected chi connectivity index (χ4v) is 2.15. The molecular formula is C16H10ClFN2O2. The molecule has 22 heavy (non-hydrogen) atoms. The zero-order valence-electron chi connectivity index (χ0n) is 11.2. The summed E-state index contributed by atoms with van der Waals surface area (Å²) in [6, 6.07) is 13.1. The van der Waals surface area contributed by atoms with Crippen molar-refractivity contribution in [1.29, 1.82) is 0 Å². The van der Waals surface area contributed by atoms with Gasteiger partial charge in [-0.25, -0.2) is 4.39 Å². The molecule has 0 radical (unpaired) electrons. The lowest BCUT2D eigenvalue weighted by Gasteiger charge is -2.05. The minimum Gasteiger partial charge on any atom is -0.355 e. The van der Waals surface area contributed by atoms with Gasteiger partial charge in [0, 0.05) is 11.3 Å². The third-order valence-electron chi connectivity index (χ3n) is 3.03. The molecular weight excluding hydrogens is 307 g/mol. The highest BCUT2D eigenvalue weighted by Gasteiger charge is 2.18. The maximum Gasteiger partial charge on any atom is 0.261 e. The average molecular weight is 317 g/mol. The standard InChI is InChI=1S/C16H10ClFN2O2/c17-13-8-11(6-7-14(13)18)20-16(21)12-9-19-22-15(12)10-4-2-1-3-5-10/h1-9H,(H,20,21). The zero-order valence-corrected chi connectivity index (χ0v) is 12.0. The van der Waals surface area contributed by atoms with Crippen molar-refractivity contribution in [3.05, 3.63) is 71.1 Å². The summed E-state index contributed by atoms with van der Waals surface area (Å²) in [5, 5.41) is 6.24. The van der Waals surface area contributed by atoms with E-state index in [4.69, 9.17) is 16.1 Å². The highest BCUT2D eigenvalue weighted by molar-refractivity contribution is 6.31. The molecule has 0 saturated carbocycles. The number of carbonyl (C=O) groups is 1. The molecule has 1 N–H and O–H groups in total. The first-order valence-corrected chi connectivity index (χ1v) is 6.79. The molecule has 0 unspecified atom stereocenters. The van der Waals surface area contributed by atoms with E-state index < -0.39 is 11.7 Å². The molecule has 0 atom stereocenters. The van der Waals surface area contributed by atoms with Gasteiger partial charge in [-0.2, -0.15) is 0 Å². The predicted octanol–water partition coefficient (Wildman–Crippen LogP) is 4.39. The molecule has 1 amide bonds. The van der Waals surface area contributed by atoms with Crippen molar-refractivity contribution in [3.8, 4) is 11.3 Å². The monoisotopic (exact) mass is 316 g/mol. The van der Waals surface area contributed by atoms with Crippen molar-refractivity contribution >= 4 is 23.2 Å². The van der Waals surface area contributed by atoms with E-state index in [1.165, 1.54) is 24.4 Å². The molecule has 4 nitrogen and oxygen atoms in total. The summed E-state index contributed by atoms with van der Waals surface area (Å²) in [6.45, 7) is 0. The lowest BCUT2D eigenvalue weighted by molar-refractivity contribution is 0.102. The van der Waals surface area contributed by atoms with Crippen LogP contribution >= 0.6 is 11.6 Å². The molecule has 1 heterocycles. The van der Waals surface area contributed by atoms with Gasteiger partial charge in [0.25, 0.3) is 5.91 Å². The minimum absolute atomic E-state index is 0.0635. The molecule has 0 aliphatic rings. The van der Waals surface area contributed by atoms with Crippen molar-refractivity contribution in [1.82, 2.24) is 5.16 Å². The van der Waals surface area contributed by atoms with E-state index in [-0.39, 0.29) is 10.6 Å². The molecule has 3 aromatic rings. The number of amides is 1. The van der Waals surface area contributed by atoms with Crippen LogP contribution in [0.15, 0.2) is 59.3 Å². The average Bonchev–Trinajstić information content (AvgIpc) is 3.01. The van der Waals surface area contributed by atoms with E-state index >= 15 is 0 Å². The number of aromatic nitrogens is 1. The van der Waals surface area contributed by atoms with Crippen LogP contribution in [-0.4, -0.2) is 11.1 Å². The van der Waals surface area contributed by atoms with Crippen molar-refractivity contribution in [2.45, 2.75) is 0 Å². The Morgan fingerprint density at radius 2 is 1.95 bits per heavy atom. The van der Waals surface area contributed by atoms with Crippen LogP contribution < -0.4 is 5.32 Å². The molecule has 110 valence electrons. The lowest BCUT2D eigenvalue weighted by Crippen LogP contribution is -2.12. The Morgan fingerprint density at radius 1 is 1.18 bits per heavy atom. The number of benzene rings is 2. The second-order valence-electron chi connectivity index (χ2n) is 4.52. The third kappa shape index (κ3) is 2.84. The Balaban J connectivity index is 1.87. The van der Waals surface area contributed by atoms with E-state index in [1.807, 2.05) is 30.3 Å². The van der Waals surface area contributed by atoms with Gasteiger partial charge in [-0.1, -0.05) is 47.1 Å². The van der Waals surface area contributed by atoms with Gasteiger partial charge < -0.3 is 9.84 Å². The van der Waals surface area contributed by atoms with Crippen LogP contribution in [0.2, 0.25) is 5.02 Å². The summed E-state index contributed by atoms with van der Waals surface area (Å²) in [4.78, 5) is 12.3. The number of rotatable bonds is 3. The molecule has 2 aromatic carbocycles. The number of anilines is 1. The second kappa shape index (κ2) is 5.99. The quantitative estimate of drug-likeness (QED) is 0.779. The summed E-state index contributed by atoms with van der Waals surface area (Å²) in [7, 11) is 0. The Labute approximate surface area is 130 Å². The summed E-state index contributed by atoms with van der Waals surface area (Å²) in [5.74, 6) is -0.594. The van der Waals surface area contributed by atoms with Gasteiger partial charge in [0.2, 0.25) is 0 Å². The van der Waals surface area contributed by atoms with Crippen LogP contribution in [0.5, 0.6) is 0 Å². The van der Waals surface area contributed by atoms with Gasteiger partial charge in [0.05, 0.1) is 11.2 Å². The van der Waals surface area contributed by atoms with Crippen LogP contribution in [0.25, 0.3) is 11.3 Å². The first-order valence-electron chi connectivity index (χ1n) is 6.41. The third-order valence-corrected chi connectivity index (χ3v) is 3.32. The Bertz CT molecular complexity index is 818. The first-order chi connectivity index (χ1) is 10.6. The van der Waals surface area contributed by atoms with Crippen LogP contribution in [0.1, 0.15) is 10.4 Å². The Morgan fingerprint density at radius 3 is 2.68 bits per heavy atom. The molecule has 0 aliphatic heterocycles. The van der Waals surface area contributed by atoms with Gasteiger partial charge in [-0.15, -0.1) is 0 Å². The van der Waals surface area contributed by atoms with E-state index in [9.17, 15) is 9.18 Å².